The van der Waals surface area contributed by atoms with Crippen molar-refractivity contribution < 1.29 is 19.1 Å². The van der Waals surface area contributed by atoms with Crippen molar-refractivity contribution in [3.8, 4) is 11.5 Å². The first kappa shape index (κ1) is 18.1. The monoisotopic (exact) mass is 392 g/mol. The normalized spacial score (nSPS) is 14.1. The highest BCUT2D eigenvalue weighted by Gasteiger charge is 2.39. The zero-order valence-corrected chi connectivity index (χ0v) is 15.4. The first-order chi connectivity index (χ1) is 12.5. The van der Waals surface area contributed by atoms with E-state index >= 15 is 0 Å². The van der Waals surface area contributed by atoms with Crippen molar-refractivity contribution in [2.75, 3.05) is 24.4 Å². The Hall–Kier alpha value is -2.70. The molecule has 1 aliphatic heterocycles. The maximum absolute atomic E-state index is 12.8. The van der Waals surface area contributed by atoms with Gasteiger partial charge in [-0.2, -0.15) is 0 Å². The molecule has 1 N–H and O–H groups in total. The van der Waals surface area contributed by atoms with E-state index in [2.05, 4.69) is 5.32 Å². The number of imide groups is 1. The number of halogens is 2. The number of hydrogen-bond donors (Lipinski definition) is 1. The number of rotatable bonds is 5. The van der Waals surface area contributed by atoms with Gasteiger partial charge in [0.2, 0.25) is 0 Å². The predicted molar refractivity (Wildman–Crippen MR) is 100.0 cm³/mol. The summed E-state index contributed by atoms with van der Waals surface area (Å²) in [5.74, 6) is -0.257. The van der Waals surface area contributed by atoms with E-state index in [-0.39, 0.29) is 10.7 Å². The van der Waals surface area contributed by atoms with Gasteiger partial charge in [-0.15, -0.1) is 0 Å². The zero-order chi connectivity index (χ0) is 18.8. The van der Waals surface area contributed by atoms with Gasteiger partial charge in [0.25, 0.3) is 11.8 Å². The number of nitrogens with zero attached hydrogens (tertiary/aromatic N) is 1. The van der Waals surface area contributed by atoms with Crippen molar-refractivity contribution in [2.45, 2.75) is 0 Å². The topological polar surface area (TPSA) is 67.9 Å². The molecule has 1 heterocycles. The SMILES string of the molecule is COc1cccc(N2C(=O)C(Cl)=C(Nc3cc(Cl)ccc3OC)C2=O)c1. The summed E-state index contributed by atoms with van der Waals surface area (Å²) in [7, 11) is 2.98. The van der Waals surface area contributed by atoms with Gasteiger partial charge >= 0.3 is 0 Å². The Kier molecular flexibility index (Phi) is 5.06. The Morgan fingerprint density at radius 2 is 1.73 bits per heavy atom. The van der Waals surface area contributed by atoms with Crippen LogP contribution < -0.4 is 19.7 Å². The molecule has 3 rings (SSSR count). The highest BCUT2D eigenvalue weighted by Crippen LogP contribution is 2.34. The van der Waals surface area contributed by atoms with Crippen LogP contribution in [0.2, 0.25) is 5.02 Å². The quantitative estimate of drug-likeness (QED) is 0.783. The fourth-order valence-corrected chi connectivity index (χ4v) is 2.89. The lowest BCUT2D eigenvalue weighted by Crippen LogP contribution is -2.32. The largest absolute Gasteiger partial charge is 0.497 e. The van der Waals surface area contributed by atoms with Gasteiger partial charge in [0.1, 0.15) is 22.2 Å². The van der Waals surface area contributed by atoms with E-state index in [0.29, 0.717) is 27.9 Å². The van der Waals surface area contributed by atoms with Crippen molar-refractivity contribution >= 4 is 46.4 Å². The predicted octanol–water partition coefficient (Wildman–Crippen LogP) is 3.79. The van der Waals surface area contributed by atoms with Crippen molar-refractivity contribution in [1.82, 2.24) is 0 Å². The van der Waals surface area contributed by atoms with Gasteiger partial charge in [0, 0.05) is 11.1 Å². The lowest BCUT2D eigenvalue weighted by atomic mass is 10.2. The number of methoxy groups -OCH3 is 2. The summed E-state index contributed by atoms with van der Waals surface area (Å²) in [6.07, 6.45) is 0. The van der Waals surface area contributed by atoms with Crippen molar-refractivity contribution in [1.29, 1.82) is 0 Å². The summed E-state index contributed by atoms with van der Waals surface area (Å²) < 4.78 is 10.4. The number of amides is 2. The van der Waals surface area contributed by atoms with E-state index in [9.17, 15) is 9.59 Å². The third-order valence-electron chi connectivity index (χ3n) is 3.76. The second-order valence-corrected chi connectivity index (χ2v) is 6.12. The van der Waals surface area contributed by atoms with Gasteiger partial charge in [-0.3, -0.25) is 9.59 Å². The molecule has 26 heavy (non-hydrogen) atoms. The summed E-state index contributed by atoms with van der Waals surface area (Å²) in [4.78, 5) is 26.3. The molecule has 2 aromatic rings. The molecule has 134 valence electrons. The van der Waals surface area contributed by atoms with E-state index in [1.807, 2.05) is 0 Å². The highest BCUT2D eigenvalue weighted by molar-refractivity contribution is 6.53. The Morgan fingerprint density at radius 3 is 2.42 bits per heavy atom. The van der Waals surface area contributed by atoms with Gasteiger partial charge in [0.05, 0.1) is 25.6 Å². The summed E-state index contributed by atoms with van der Waals surface area (Å²) in [6, 6.07) is 11.4. The van der Waals surface area contributed by atoms with Gasteiger partial charge in [-0.1, -0.05) is 29.3 Å². The summed E-state index contributed by atoms with van der Waals surface area (Å²) >= 11 is 12.1. The first-order valence-electron chi connectivity index (χ1n) is 7.49. The van der Waals surface area contributed by atoms with E-state index in [1.54, 1.807) is 42.5 Å². The molecule has 1 aliphatic rings. The molecule has 6 nitrogen and oxygen atoms in total. The first-order valence-corrected chi connectivity index (χ1v) is 8.25. The summed E-state index contributed by atoms with van der Waals surface area (Å²) in [6.45, 7) is 0. The maximum atomic E-state index is 12.8. The number of nitrogens with one attached hydrogen (secondary N) is 1. The molecular weight excluding hydrogens is 379 g/mol. The van der Waals surface area contributed by atoms with Crippen LogP contribution in [0, 0.1) is 0 Å². The van der Waals surface area contributed by atoms with E-state index in [0.717, 1.165) is 4.90 Å². The van der Waals surface area contributed by atoms with Crippen molar-refractivity contribution in [3.63, 3.8) is 0 Å². The molecule has 0 aliphatic carbocycles. The molecule has 0 atom stereocenters. The van der Waals surface area contributed by atoms with Gasteiger partial charge in [0.15, 0.2) is 0 Å². The van der Waals surface area contributed by atoms with E-state index < -0.39 is 11.8 Å². The second-order valence-electron chi connectivity index (χ2n) is 5.31. The molecule has 2 amide bonds. The molecule has 0 aromatic heterocycles. The smallest absolute Gasteiger partial charge is 0.283 e. The minimum absolute atomic E-state index is 0.0555. The molecule has 0 saturated heterocycles. The van der Waals surface area contributed by atoms with Crippen LogP contribution in [0.4, 0.5) is 11.4 Å². The van der Waals surface area contributed by atoms with Crippen molar-refractivity contribution in [3.05, 3.63) is 58.2 Å². The van der Waals surface area contributed by atoms with E-state index in [4.69, 9.17) is 32.7 Å². The minimum Gasteiger partial charge on any atom is -0.497 e. The third kappa shape index (κ3) is 3.21. The van der Waals surface area contributed by atoms with Crippen LogP contribution in [0.15, 0.2) is 53.2 Å². The van der Waals surface area contributed by atoms with Gasteiger partial charge in [-0.05, 0) is 30.3 Å². The van der Waals surface area contributed by atoms with Gasteiger partial charge < -0.3 is 14.8 Å². The van der Waals surface area contributed by atoms with Crippen LogP contribution >= 0.6 is 23.2 Å². The van der Waals surface area contributed by atoms with Crippen LogP contribution in [-0.4, -0.2) is 26.0 Å². The number of ether oxygens (including phenoxy) is 2. The van der Waals surface area contributed by atoms with Gasteiger partial charge in [-0.25, -0.2) is 4.90 Å². The zero-order valence-electron chi connectivity index (χ0n) is 13.9. The Balaban J connectivity index is 1.96. The minimum atomic E-state index is -0.631. The fourth-order valence-electron chi connectivity index (χ4n) is 2.51. The van der Waals surface area contributed by atoms with E-state index in [1.165, 1.54) is 14.2 Å². The average molecular weight is 393 g/mol. The number of hydrogen-bond acceptors (Lipinski definition) is 5. The molecule has 0 bridgehead atoms. The van der Waals surface area contributed by atoms with Crippen LogP contribution in [0.1, 0.15) is 0 Å². The lowest BCUT2D eigenvalue weighted by Gasteiger charge is -2.16. The third-order valence-corrected chi connectivity index (χ3v) is 4.35. The maximum Gasteiger partial charge on any atom is 0.283 e. The van der Waals surface area contributed by atoms with Crippen LogP contribution in [0.25, 0.3) is 0 Å². The molecule has 0 spiro atoms. The fraction of sp³-hybridized carbons (Fsp3) is 0.111. The number of benzene rings is 2. The number of carbonyl (C=O) groups excluding carboxylic acids is 2. The molecule has 8 heteroatoms. The van der Waals surface area contributed by atoms with Crippen LogP contribution in [0.5, 0.6) is 11.5 Å². The highest BCUT2D eigenvalue weighted by atomic mass is 35.5. The lowest BCUT2D eigenvalue weighted by molar-refractivity contribution is -0.120. The number of carbonyl (C=O) groups is 2. The molecule has 0 unspecified atom stereocenters. The molecule has 0 fully saturated rings. The Bertz CT molecular complexity index is 927. The summed E-state index contributed by atoms with van der Waals surface area (Å²) in [5, 5.41) is 3.07. The summed E-state index contributed by atoms with van der Waals surface area (Å²) in [5.41, 5.74) is 0.717. The molecule has 2 aromatic carbocycles. The second kappa shape index (κ2) is 7.27. The Morgan fingerprint density at radius 1 is 0.962 bits per heavy atom. The number of anilines is 2. The van der Waals surface area contributed by atoms with Crippen LogP contribution in [-0.2, 0) is 9.59 Å². The van der Waals surface area contributed by atoms with Crippen molar-refractivity contribution in [2.24, 2.45) is 0 Å². The standard InChI is InChI=1S/C18H14Cl2N2O4/c1-25-12-5-3-4-11(9-12)22-17(23)15(20)16(18(22)24)21-13-8-10(19)6-7-14(13)26-2/h3-9,21H,1-2H3. The molecule has 0 radical (unpaired) electrons. The average Bonchev–Trinajstić information content (AvgIpc) is 2.85. The Labute approximate surface area is 159 Å². The van der Waals surface area contributed by atoms with Crippen LogP contribution in [0.3, 0.4) is 0 Å². The molecular formula is C18H14Cl2N2O4. The molecule has 0 saturated carbocycles.